The molecule has 0 unspecified atom stereocenters. The molecule has 4 rings (SSSR count). The van der Waals surface area contributed by atoms with Crippen molar-refractivity contribution >= 4 is 43.9 Å². The Morgan fingerprint density at radius 2 is 1.78 bits per heavy atom. The van der Waals surface area contributed by atoms with Crippen LogP contribution in [-0.4, -0.2) is 59.6 Å². The van der Waals surface area contributed by atoms with E-state index in [-0.39, 0.29) is 4.90 Å². The second-order valence-electron chi connectivity index (χ2n) is 7.53. The van der Waals surface area contributed by atoms with Gasteiger partial charge in [-0.15, -0.1) is 0 Å². The summed E-state index contributed by atoms with van der Waals surface area (Å²) in [6.07, 6.45) is 0. The Kier molecular flexibility index (Phi) is 6.57. The fraction of sp³-hybridized carbons (Fsp3) is 0.364. The summed E-state index contributed by atoms with van der Waals surface area (Å²) in [7, 11) is 1.24. The smallest absolute Gasteiger partial charge is 0.242 e. The van der Waals surface area contributed by atoms with Crippen molar-refractivity contribution in [2.24, 2.45) is 0 Å². The van der Waals surface area contributed by atoms with Gasteiger partial charge in [-0.1, -0.05) is 23.9 Å². The third-order valence-corrected chi connectivity index (χ3v) is 8.15. The first kappa shape index (κ1) is 22.8. The summed E-state index contributed by atoms with van der Waals surface area (Å²) >= 11 is 1.62. The van der Waals surface area contributed by atoms with Gasteiger partial charge in [0.15, 0.2) is 5.16 Å². The third-order valence-electron chi connectivity index (χ3n) is 5.36. The van der Waals surface area contributed by atoms with Crippen molar-refractivity contribution in [3.63, 3.8) is 0 Å². The van der Waals surface area contributed by atoms with E-state index in [0.29, 0.717) is 17.9 Å². The Morgan fingerprint density at radius 3 is 2.50 bits per heavy atom. The molecule has 0 fully saturated rings. The molecule has 0 spiro atoms. The summed E-state index contributed by atoms with van der Waals surface area (Å²) in [6.45, 7) is 4.12. The molecule has 0 saturated carbocycles. The minimum absolute atomic E-state index is 0.247. The standard InChI is InChI=1S/C22H27N5O3S2/c1-5-26-20-11-10-16(32(28,29)25(2)3)14-18(20)23-21(26)15-31-22-24-17-8-6-7-9-19(17)27(22)12-13-30-4/h6-11,14H,5,12-13,15H2,1-4H3. The van der Waals surface area contributed by atoms with Crippen molar-refractivity contribution < 1.29 is 13.2 Å². The number of hydrogen-bond acceptors (Lipinski definition) is 6. The van der Waals surface area contributed by atoms with E-state index in [2.05, 4.69) is 22.1 Å². The molecule has 2 heterocycles. The molecule has 0 N–H and O–H groups in total. The highest BCUT2D eigenvalue weighted by Crippen LogP contribution is 2.29. The number of fused-ring (bicyclic) bond motifs is 2. The number of thioether (sulfide) groups is 1. The number of ether oxygens (including phenoxy) is 1. The molecule has 0 aliphatic heterocycles. The normalized spacial score (nSPS) is 12.4. The van der Waals surface area contributed by atoms with E-state index in [9.17, 15) is 8.42 Å². The molecule has 2 aromatic heterocycles. The maximum atomic E-state index is 12.5. The van der Waals surface area contributed by atoms with E-state index in [1.54, 1.807) is 31.0 Å². The first-order valence-corrected chi connectivity index (χ1v) is 12.8. The van der Waals surface area contributed by atoms with Crippen molar-refractivity contribution in [2.45, 2.75) is 35.8 Å². The van der Waals surface area contributed by atoms with Crippen LogP contribution in [0.25, 0.3) is 22.1 Å². The number of aryl methyl sites for hydroxylation is 1. The van der Waals surface area contributed by atoms with Crippen molar-refractivity contribution in [2.75, 3.05) is 27.8 Å². The molecular weight excluding hydrogens is 446 g/mol. The summed E-state index contributed by atoms with van der Waals surface area (Å²) in [5.74, 6) is 1.51. The predicted molar refractivity (Wildman–Crippen MR) is 127 cm³/mol. The minimum Gasteiger partial charge on any atom is -0.383 e. The van der Waals surface area contributed by atoms with Gasteiger partial charge in [-0.05, 0) is 37.3 Å². The van der Waals surface area contributed by atoms with Gasteiger partial charge in [0, 0.05) is 34.3 Å². The maximum Gasteiger partial charge on any atom is 0.242 e. The van der Waals surface area contributed by atoms with E-state index in [0.717, 1.165) is 40.6 Å². The fourth-order valence-electron chi connectivity index (χ4n) is 3.69. The fourth-order valence-corrected chi connectivity index (χ4v) is 5.59. The van der Waals surface area contributed by atoms with Crippen molar-refractivity contribution in [1.29, 1.82) is 0 Å². The van der Waals surface area contributed by atoms with Crippen LogP contribution in [-0.2, 0) is 33.6 Å². The largest absolute Gasteiger partial charge is 0.383 e. The number of nitrogens with zero attached hydrogens (tertiary/aromatic N) is 5. The van der Waals surface area contributed by atoms with E-state index < -0.39 is 10.0 Å². The monoisotopic (exact) mass is 473 g/mol. The zero-order valence-electron chi connectivity index (χ0n) is 18.6. The van der Waals surface area contributed by atoms with Gasteiger partial charge in [0.1, 0.15) is 5.82 Å². The zero-order valence-corrected chi connectivity index (χ0v) is 20.3. The minimum atomic E-state index is -3.51. The van der Waals surface area contributed by atoms with Crippen LogP contribution in [0.3, 0.4) is 0 Å². The quantitative estimate of drug-likeness (QED) is 0.346. The lowest BCUT2D eigenvalue weighted by atomic mass is 10.3. The van der Waals surface area contributed by atoms with Crippen LogP contribution in [0.1, 0.15) is 12.7 Å². The molecule has 170 valence electrons. The van der Waals surface area contributed by atoms with Gasteiger partial charge in [0.2, 0.25) is 10.0 Å². The number of methoxy groups -OCH3 is 1. The first-order chi connectivity index (χ1) is 15.4. The summed E-state index contributed by atoms with van der Waals surface area (Å²) in [4.78, 5) is 9.83. The van der Waals surface area contributed by atoms with Crippen LogP contribution in [0.5, 0.6) is 0 Å². The molecule has 0 amide bonds. The molecule has 0 saturated heterocycles. The molecule has 10 heteroatoms. The summed E-state index contributed by atoms with van der Waals surface area (Å²) in [5, 5.41) is 0.911. The van der Waals surface area contributed by atoms with Crippen LogP contribution in [0.4, 0.5) is 0 Å². The average Bonchev–Trinajstić information content (AvgIpc) is 3.32. The van der Waals surface area contributed by atoms with E-state index >= 15 is 0 Å². The van der Waals surface area contributed by atoms with Gasteiger partial charge >= 0.3 is 0 Å². The number of para-hydroxylation sites is 2. The highest BCUT2D eigenvalue weighted by Gasteiger charge is 2.20. The average molecular weight is 474 g/mol. The number of imidazole rings is 2. The van der Waals surface area contributed by atoms with Gasteiger partial charge in [-0.3, -0.25) is 0 Å². The van der Waals surface area contributed by atoms with E-state index in [4.69, 9.17) is 14.7 Å². The maximum absolute atomic E-state index is 12.5. The van der Waals surface area contributed by atoms with Gasteiger partial charge in [0.25, 0.3) is 0 Å². The molecular formula is C22H27N5O3S2. The Balaban J connectivity index is 1.68. The van der Waals surface area contributed by atoms with Crippen LogP contribution in [0.2, 0.25) is 0 Å². The van der Waals surface area contributed by atoms with Crippen LogP contribution in [0, 0.1) is 0 Å². The summed E-state index contributed by atoms with van der Waals surface area (Å²) in [5.41, 5.74) is 3.63. The van der Waals surface area contributed by atoms with Crippen molar-refractivity contribution in [1.82, 2.24) is 23.4 Å². The molecule has 4 aromatic rings. The number of aromatic nitrogens is 4. The van der Waals surface area contributed by atoms with Gasteiger partial charge in [-0.2, -0.15) is 0 Å². The Morgan fingerprint density at radius 1 is 1.03 bits per heavy atom. The van der Waals surface area contributed by atoms with E-state index in [1.165, 1.54) is 18.4 Å². The molecule has 0 radical (unpaired) electrons. The lowest BCUT2D eigenvalue weighted by Gasteiger charge is -2.11. The Bertz CT molecular complexity index is 1360. The summed E-state index contributed by atoms with van der Waals surface area (Å²) in [6, 6.07) is 13.2. The van der Waals surface area contributed by atoms with Crippen molar-refractivity contribution in [3.05, 3.63) is 48.3 Å². The number of rotatable bonds is 9. The molecule has 0 atom stereocenters. The van der Waals surface area contributed by atoms with Crippen LogP contribution in [0.15, 0.2) is 52.5 Å². The lowest BCUT2D eigenvalue weighted by Crippen LogP contribution is -2.22. The first-order valence-electron chi connectivity index (χ1n) is 10.4. The van der Waals surface area contributed by atoms with Gasteiger partial charge in [0.05, 0.1) is 39.3 Å². The van der Waals surface area contributed by atoms with E-state index in [1.807, 2.05) is 24.3 Å². The van der Waals surface area contributed by atoms with Crippen molar-refractivity contribution in [3.8, 4) is 0 Å². The molecule has 0 aliphatic carbocycles. The molecule has 0 bridgehead atoms. The lowest BCUT2D eigenvalue weighted by molar-refractivity contribution is 0.186. The Hall–Kier alpha value is -2.40. The SMILES string of the molecule is CCn1c(CSc2nc3ccccc3n2CCOC)nc2cc(S(=O)(=O)N(C)C)ccc21. The summed E-state index contributed by atoms with van der Waals surface area (Å²) < 4.78 is 35.8. The zero-order chi connectivity index (χ0) is 22.9. The van der Waals surface area contributed by atoms with Gasteiger partial charge in [-0.25, -0.2) is 22.7 Å². The number of sulfonamides is 1. The highest BCUT2D eigenvalue weighted by atomic mass is 32.2. The molecule has 32 heavy (non-hydrogen) atoms. The Labute approximate surface area is 192 Å². The van der Waals surface area contributed by atoms with Crippen LogP contribution < -0.4 is 0 Å². The van der Waals surface area contributed by atoms with Crippen LogP contribution >= 0.6 is 11.8 Å². The number of hydrogen-bond donors (Lipinski definition) is 0. The molecule has 8 nitrogen and oxygen atoms in total. The molecule has 2 aromatic carbocycles. The highest BCUT2D eigenvalue weighted by molar-refractivity contribution is 7.98. The predicted octanol–water partition coefficient (Wildman–Crippen LogP) is 3.59. The topological polar surface area (TPSA) is 82.2 Å². The van der Waals surface area contributed by atoms with Gasteiger partial charge < -0.3 is 13.9 Å². The third kappa shape index (κ3) is 4.15. The second-order valence-corrected chi connectivity index (χ2v) is 10.6. The molecule has 0 aliphatic rings. The second kappa shape index (κ2) is 9.22. The number of benzene rings is 2.